The van der Waals surface area contributed by atoms with Gasteiger partial charge in [0.25, 0.3) is 0 Å². The van der Waals surface area contributed by atoms with Gasteiger partial charge in [-0.1, -0.05) is 201 Å². The van der Waals surface area contributed by atoms with E-state index in [0.717, 1.165) is 116 Å². The Morgan fingerprint density at radius 2 is 0.844 bits per heavy atom. The van der Waals surface area contributed by atoms with E-state index in [9.17, 15) is 34.5 Å². The van der Waals surface area contributed by atoms with Crippen LogP contribution in [0, 0.1) is 0 Å². The maximum atomic E-state index is 13.1. The highest BCUT2D eigenvalue weighted by Crippen LogP contribution is 2.26. The van der Waals surface area contributed by atoms with Crippen molar-refractivity contribution in [2.45, 2.75) is 263 Å². The highest BCUT2D eigenvalue weighted by molar-refractivity contribution is 5.74. The minimum atomic E-state index is -1.93. The van der Waals surface area contributed by atoms with Crippen LogP contribution in [-0.2, 0) is 42.9 Å². The molecule has 1 saturated heterocycles. The maximum Gasteiger partial charge on any atom is 0.335 e. The number of carboxylic acids is 1. The normalized spacial score (nSPS) is 18.8. The van der Waals surface area contributed by atoms with Crippen molar-refractivity contribution >= 4 is 23.9 Å². The number of hydrogen-bond acceptors (Lipinski definition) is 11. The fourth-order valence-electron chi connectivity index (χ4n) is 8.24. The first-order chi connectivity index (χ1) is 37.6. The van der Waals surface area contributed by atoms with Gasteiger partial charge < -0.3 is 39.0 Å². The average Bonchev–Trinajstić information content (AvgIpc) is 3.42. The summed E-state index contributed by atoms with van der Waals surface area (Å²) in [5.74, 6) is -3.27. The van der Waals surface area contributed by atoms with Crippen molar-refractivity contribution in [2.75, 3.05) is 13.2 Å². The molecule has 0 aromatic carbocycles. The number of esters is 3. The van der Waals surface area contributed by atoms with E-state index in [0.29, 0.717) is 25.7 Å². The van der Waals surface area contributed by atoms with Crippen LogP contribution in [0.5, 0.6) is 0 Å². The zero-order chi connectivity index (χ0) is 56.1. The molecular weight excluding hydrogens is 973 g/mol. The standard InChI is InChI=1S/C65H104O12/c1-4-7-10-13-16-19-22-25-27-28-29-30-32-34-36-39-42-45-48-51-57(66)73-54-56(75-58(67)52-49-46-43-40-38-35-31-26-23-20-17-14-11-8-5-2)55-74-65-63(61(70)60(69)62(77-65)64(71)72)76-59(68)53-50-47-44-41-37-33-24-21-18-15-12-9-6-3/h9,12,16-21,25-27,29-31,33,37,44,47,56,60-63,65,69-70H,4-8,10-11,13-15,22-24,28,32,34-36,38-43,45-46,48-55H2,1-3H3,(H,71,72)/b12-9-,19-16-,20-17-,21-18-,27-25-,30-29-,31-26-,37-33-,47-44-. The summed E-state index contributed by atoms with van der Waals surface area (Å²) in [6.45, 7) is 5.75. The van der Waals surface area contributed by atoms with Crippen LogP contribution in [0.3, 0.4) is 0 Å². The molecule has 77 heavy (non-hydrogen) atoms. The Labute approximate surface area is 465 Å². The van der Waals surface area contributed by atoms with E-state index < -0.39 is 67.3 Å². The zero-order valence-corrected chi connectivity index (χ0v) is 47.9. The minimum Gasteiger partial charge on any atom is -0.479 e. The molecule has 0 aromatic rings. The maximum absolute atomic E-state index is 13.1. The number of carbonyl (C=O) groups excluding carboxylic acids is 3. The lowest BCUT2D eigenvalue weighted by atomic mass is 9.98. The molecule has 3 N–H and O–H groups in total. The third-order valence-corrected chi connectivity index (χ3v) is 12.8. The minimum absolute atomic E-state index is 0.0686. The molecule has 1 aliphatic heterocycles. The monoisotopic (exact) mass is 1080 g/mol. The number of hydrogen-bond donors (Lipinski definition) is 3. The van der Waals surface area contributed by atoms with Gasteiger partial charge in [-0.15, -0.1) is 0 Å². The molecule has 0 aromatic heterocycles. The molecule has 0 radical (unpaired) electrons. The van der Waals surface area contributed by atoms with Crippen molar-refractivity contribution in [1.82, 2.24) is 0 Å². The Morgan fingerprint density at radius 1 is 0.442 bits per heavy atom. The molecule has 1 heterocycles. The first-order valence-electron chi connectivity index (χ1n) is 29.9. The number of carbonyl (C=O) groups is 4. The van der Waals surface area contributed by atoms with Crippen LogP contribution < -0.4 is 0 Å². The number of aliphatic carboxylic acids is 1. The molecule has 6 atom stereocenters. The predicted octanol–water partition coefficient (Wildman–Crippen LogP) is 15.4. The second-order valence-corrected chi connectivity index (χ2v) is 19.9. The van der Waals surface area contributed by atoms with Crippen LogP contribution in [-0.4, -0.2) is 89.2 Å². The molecule has 1 rings (SSSR count). The van der Waals surface area contributed by atoms with Crippen molar-refractivity contribution in [3.05, 3.63) is 109 Å². The Hall–Kier alpha value is -4.62. The van der Waals surface area contributed by atoms with Crippen LogP contribution >= 0.6 is 0 Å². The largest absolute Gasteiger partial charge is 0.479 e. The second kappa shape index (κ2) is 52.1. The summed E-state index contributed by atoms with van der Waals surface area (Å²) in [5.41, 5.74) is 0. The van der Waals surface area contributed by atoms with E-state index >= 15 is 0 Å². The van der Waals surface area contributed by atoms with E-state index in [1.54, 1.807) is 0 Å². The second-order valence-electron chi connectivity index (χ2n) is 19.9. The van der Waals surface area contributed by atoms with Gasteiger partial charge in [0.15, 0.2) is 24.6 Å². The number of allylic oxidation sites excluding steroid dienone is 18. The first kappa shape index (κ1) is 70.4. The predicted molar refractivity (Wildman–Crippen MR) is 312 cm³/mol. The summed E-state index contributed by atoms with van der Waals surface area (Å²) < 4.78 is 28.3. The lowest BCUT2D eigenvalue weighted by Gasteiger charge is -2.40. The highest BCUT2D eigenvalue weighted by Gasteiger charge is 2.50. The van der Waals surface area contributed by atoms with E-state index in [1.807, 2.05) is 18.2 Å². The van der Waals surface area contributed by atoms with E-state index in [1.165, 1.54) is 44.9 Å². The average molecular weight is 1080 g/mol. The number of rotatable bonds is 49. The topological polar surface area (TPSA) is 175 Å². The van der Waals surface area contributed by atoms with Crippen molar-refractivity contribution in [3.63, 3.8) is 0 Å². The van der Waals surface area contributed by atoms with Crippen molar-refractivity contribution in [2.24, 2.45) is 0 Å². The molecule has 12 heteroatoms. The van der Waals surface area contributed by atoms with Crippen LogP contribution in [0.25, 0.3) is 0 Å². The summed E-state index contributed by atoms with van der Waals surface area (Å²) in [6, 6.07) is 0. The van der Waals surface area contributed by atoms with Crippen molar-refractivity contribution in [1.29, 1.82) is 0 Å². The van der Waals surface area contributed by atoms with E-state index in [2.05, 4.69) is 112 Å². The quantitative estimate of drug-likeness (QED) is 0.0228. The molecule has 1 fully saturated rings. The van der Waals surface area contributed by atoms with Gasteiger partial charge in [0.05, 0.1) is 6.61 Å². The summed E-state index contributed by atoms with van der Waals surface area (Å²) in [6.07, 6.45) is 57.8. The highest BCUT2D eigenvalue weighted by atomic mass is 16.7. The van der Waals surface area contributed by atoms with Gasteiger partial charge in [-0.2, -0.15) is 0 Å². The van der Waals surface area contributed by atoms with Crippen LogP contribution in [0.15, 0.2) is 109 Å². The molecule has 0 amide bonds. The molecule has 12 nitrogen and oxygen atoms in total. The Morgan fingerprint density at radius 3 is 1.30 bits per heavy atom. The number of unbranched alkanes of at least 4 members (excludes halogenated alkanes) is 17. The van der Waals surface area contributed by atoms with Gasteiger partial charge in [0, 0.05) is 19.3 Å². The molecule has 1 aliphatic rings. The molecule has 0 saturated carbocycles. The first-order valence-corrected chi connectivity index (χ1v) is 29.9. The molecule has 0 bridgehead atoms. The van der Waals surface area contributed by atoms with Crippen molar-refractivity contribution in [3.8, 4) is 0 Å². The van der Waals surface area contributed by atoms with Gasteiger partial charge in [-0.25, -0.2) is 4.79 Å². The van der Waals surface area contributed by atoms with Crippen molar-refractivity contribution < 1.29 is 58.2 Å². The summed E-state index contributed by atoms with van der Waals surface area (Å²) in [7, 11) is 0. The molecule has 6 unspecified atom stereocenters. The van der Waals surface area contributed by atoms with E-state index in [4.69, 9.17) is 23.7 Å². The number of carboxylic acid groups (broad SMARTS) is 1. The number of aliphatic hydroxyl groups is 2. The van der Waals surface area contributed by atoms with E-state index in [-0.39, 0.29) is 25.9 Å². The molecule has 436 valence electrons. The lowest BCUT2D eigenvalue weighted by Crippen LogP contribution is -2.61. The summed E-state index contributed by atoms with van der Waals surface area (Å²) in [5, 5.41) is 31.4. The summed E-state index contributed by atoms with van der Waals surface area (Å²) in [4.78, 5) is 51.1. The Balaban J connectivity index is 2.74. The molecule has 0 aliphatic carbocycles. The van der Waals surface area contributed by atoms with Crippen LogP contribution in [0.1, 0.15) is 226 Å². The van der Waals surface area contributed by atoms with Crippen LogP contribution in [0.2, 0.25) is 0 Å². The third kappa shape index (κ3) is 42.1. The third-order valence-electron chi connectivity index (χ3n) is 12.8. The van der Waals surface area contributed by atoms with Gasteiger partial charge in [0.1, 0.15) is 18.8 Å². The number of ether oxygens (including phenoxy) is 5. The Kier molecular flexibility index (Phi) is 47.6. The van der Waals surface area contributed by atoms with Gasteiger partial charge >= 0.3 is 23.9 Å². The smallest absolute Gasteiger partial charge is 0.335 e. The van der Waals surface area contributed by atoms with Gasteiger partial charge in [-0.05, 0) is 116 Å². The van der Waals surface area contributed by atoms with Crippen LogP contribution in [0.4, 0.5) is 0 Å². The lowest BCUT2D eigenvalue weighted by molar-refractivity contribution is -0.301. The fourth-order valence-corrected chi connectivity index (χ4v) is 8.24. The van der Waals surface area contributed by atoms with Gasteiger partial charge in [-0.3, -0.25) is 14.4 Å². The number of aliphatic hydroxyl groups excluding tert-OH is 2. The molecular formula is C65H104O12. The van der Waals surface area contributed by atoms with Gasteiger partial charge in [0.2, 0.25) is 0 Å². The fraction of sp³-hybridized carbons (Fsp3) is 0.662. The zero-order valence-electron chi connectivity index (χ0n) is 47.9. The SMILES string of the molecule is CC/C=C\C/C=C\C/C=C\C/C=C\CCC(=O)OC1C(OCC(COC(=O)CCCCCCCC/C=C\C/C=C\C/C=C\CCCCC)OC(=O)CCCCCCC/C=C\C/C=C\CCCCC)OC(C(=O)O)C(O)C1O. The molecule has 0 spiro atoms. The Bertz CT molecular complexity index is 1750. The summed E-state index contributed by atoms with van der Waals surface area (Å²) >= 11 is 0.